The van der Waals surface area contributed by atoms with E-state index in [0.29, 0.717) is 36.4 Å². The summed E-state index contributed by atoms with van der Waals surface area (Å²) in [6, 6.07) is 2.43. The zero-order valence-electron chi connectivity index (χ0n) is 13.9. The molecule has 0 aromatic heterocycles. The van der Waals surface area contributed by atoms with Crippen molar-refractivity contribution in [2.75, 3.05) is 0 Å². The highest BCUT2D eigenvalue weighted by atomic mass is 16.1. The van der Waals surface area contributed by atoms with Crippen LogP contribution < -0.4 is 0 Å². The summed E-state index contributed by atoms with van der Waals surface area (Å²) in [5.41, 5.74) is 1.07. The Kier molecular flexibility index (Phi) is 3.31. The van der Waals surface area contributed by atoms with Crippen LogP contribution in [0.5, 0.6) is 0 Å². The summed E-state index contributed by atoms with van der Waals surface area (Å²) in [7, 11) is 0. The van der Waals surface area contributed by atoms with E-state index in [9.17, 15) is 14.9 Å². The molecule has 0 aliphatic heterocycles. The van der Waals surface area contributed by atoms with Crippen molar-refractivity contribution in [1.82, 2.24) is 0 Å². The fourth-order valence-corrected chi connectivity index (χ4v) is 6.61. The molecule has 3 saturated carbocycles. The van der Waals surface area contributed by atoms with Gasteiger partial charge in [0.25, 0.3) is 0 Å². The van der Waals surface area contributed by atoms with Gasteiger partial charge < -0.3 is 0 Å². The molecule has 0 N–H and O–H groups in total. The minimum atomic E-state index is -0.110. The molecule has 3 nitrogen and oxygen atoms in total. The average molecular weight is 311 g/mol. The average Bonchev–Trinajstić information content (AvgIpc) is 2.84. The summed E-state index contributed by atoms with van der Waals surface area (Å²) in [5, 5.41) is 9.47. The molecular formula is C20H25NO2. The summed E-state index contributed by atoms with van der Waals surface area (Å²) in [4.78, 5) is 24.3. The number of hydrogen-bond acceptors (Lipinski definition) is 3. The van der Waals surface area contributed by atoms with Crippen LogP contribution in [0.4, 0.5) is 0 Å². The second kappa shape index (κ2) is 5.03. The van der Waals surface area contributed by atoms with Gasteiger partial charge in [0, 0.05) is 30.1 Å². The Morgan fingerprint density at radius 2 is 1.96 bits per heavy atom. The highest BCUT2D eigenvalue weighted by Gasteiger charge is 2.60. The fourth-order valence-electron chi connectivity index (χ4n) is 6.61. The lowest BCUT2D eigenvalue weighted by atomic mass is 9.46. The van der Waals surface area contributed by atoms with Crippen LogP contribution in [-0.2, 0) is 9.59 Å². The number of carbonyl (C=O) groups is 2. The lowest BCUT2D eigenvalue weighted by molar-refractivity contribution is -0.132. The Labute approximate surface area is 138 Å². The Bertz CT molecular complexity index is 643. The maximum absolute atomic E-state index is 12.4. The molecule has 4 aliphatic rings. The number of hydrogen-bond donors (Lipinski definition) is 0. The van der Waals surface area contributed by atoms with Crippen LogP contribution in [-0.4, -0.2) is 11.6 Å². The summed E-state index contributed by atoms with van der Waals surface area (Å²) in [6.07, 6.45) is 9.73. The van der Waals surface area contributed by atoms with Crippen molar-refractivity contribution in [3.05, 3.63) is 11.6 Å². The summed E-state index contributed by atoms with van der Waals surface area (Å²) in [6.45, 7) is 2.19. The monoisotopic (exact) mass is 311 g/mol. The van der Waals surface area contributed by atoms with Crippen LogP contribution >= 0.6 is 0 Å². The van der Waals surface area contributed by atoms with E-state index in [1.165, 1.54) is 5.57 Å². The Morgan fingerprint density at radius 1 is 1.13 bits per heavy atom. The van der Waals surface area contributed by atoms with Gasteiger partial charge in [-0.1, -0.05) is 12.5 Å². The molecule has 0 aromatic carbocycles. The first-order chi connectivity index (χ1) is 11.0. The predicted octanol–water partition coefficient (Wildman–Crippen LogP) is 3.98. The van der Waals surface area contributed by atoms with Crippen LogP contribution in [0.15, 0.2) is 11.6 Å². The number of Topliss-reactive ketones (excluding diaryl/α,β-unsaturated/α-hetero) is 1. The molecule has 0 bridgehead atoms. The van der Waals surface area contributed by atoms with Gasteiger partial charge in [0.15, 0.2) is 5.78 Å². The third kappa shape index (κ3) is 1.93. The minimum absolute atomic E-state index is 0.0709. The molecule has 0 heterocycles. The van der Waals surface area contributed by atoms with Crippen LogP contribution in [0, 0.1) is 39.9 Å². The molecule has 3 heteroatoms. The highest BCUT2D eigenvalue weighted by Crippen LogP contribution is 2.65. The van der Waals surface area contributed by atoms with Crippen molar-refractivity contribution in [2.24, 2.45) is 28.6 Å². The summed E-state index contributed by atoms with van der Waals surface area (Å²) < 4.78 is 0. The first-order valence-corrected chi connectivity index (χ1v) is 9.15. The van der Waals surface area contributed by atoms with Crippen molar-refractivity contribution in [2.45, 2.75) is 64.7 Å². The standard InChI is InChI=1S/C20H25NO2/c1-19-8-7-17-15(16(19)4-5-18(19)23)3-2-13-12-14(22)6-9-20(13,17)10-11-21/h12,15-17H,2-10H2,1H3/t15-,16-,17-,19-,20+/m0/s1. The second-order valence-corrected chi connectivity index (χ2v) is 8.46. The molecule has 0 saturated heterocycles. The molecule has 0 spiro atoms. The molecule has 23 heavy (non-hydrogen) atoms. The van der Waals surface area contributed by atoms with Gasteiger partial charge in [-0.05, 0) is 62.4 Å². The van der Waals surface area contributed by atoms with Gasteiger partial charge in [0.2, 0.25) is 0 Å². The van der Waals surface area contributed by atoms with E-state index in [0.717, 1.165) is 44.9 Å². The smallest absolute Gasteiger partial charge is 0.155 e. The lowest BCUT2D eigenvalue weighted by Gasteiger charge is -2.57. The number of fused-ring (bicyclic) bond motifs is 5. The van der Waals surface area contributed by atoms with Crippen molar-refractivity contribution < 1.29 is 9.59 Å². The number of rotatable bonds is 1. The van der Waals surface area contributed by atoms with Crippen molar-refractivity contribution in [3.63, 3.8) is 0 Å². The van der Waals surface area contributed by atoms with Crippen LogP contribution in [0.25, 0.3) is 0 Å². The third-order valence-electron chi connectivity index (χ3n) is 7.79. The quantitative estimate of drug-likeness (QED) is 0.736. The molecule has 0 aromatic rings. The minimum Gasteiger partial charge on any atom is -0.299 e. The van der Waals surface area contributed by atoms with Crippen molar-refractivity contribution in [3.8, 4) is 6.07 Å². The molecule has 0 amide bonds. The molecule has 0 unspecified atom stereocenters. The van der Waals surface area contributed by atoms with Crippen molar-refractivity contribution in [1.29, 1.82) is 5.26 Å². The first-order valence-electron chi connectivity index (χ1n) is 9.15. The maximum Gasteiger partial charge on any atom is 0.155 e. The van der Waals surface area contributed by atoms with Crippen LogP contribution in [0.2, 0.25) is 0 Å². The van der Waals surface area contributed by atoms with Crippen LogP contribution in [0.1, 0.15) is 64.7 Å². The molecule has 5 atom stereocenters. The van der Waals surface area contributed by atoms with Gasteiger partial charge in [0.1, 0.15) is 5.78 Å². The number of allylic oxidation sites excluding steroid dienone is 1. The van der Waals surface area contributed by atoms with E-state index in [1.54, 1.807) is 0 Å². The molecule has 4 aliphatic carbocycles. The van der Waals surface area contributed by atoms with E-state index in [-0.39, 0.29) is 16.6 Å². The normalized spacial score (nSPS) is 45.6. The van der Waals surface area contributed by atoms with E-state index < -0.39 is 0 Å². The molecule has 4 rings (SSSR count). The van der Waals surface area contributed by atoms with Gasteiger partial charge in [-0.15, -0.1) is 0 Å². The van der Waals surface area contributed by atoms with Gasteiger partial charge in [0.05, 0.1) is 6.07 Å². The first kappa shape index (κ1) is 15.1. The maximum atomic E-state index is 12.4. The van der Waals surface area contributed by atoms with Gasteiger partial charge in [-0.25, -0.2) is 0 Å². The third-order valence-corrected chi connectivity index (χ3v) is 7.79. The van der Waals surface area contributed by atoms with Gasteiger partial charge in [-0.2, -0.15) is 5.26 Å². The largest absolute Gasteiger partial charge is 0.299 e. The van der Waals surface area contributed by atoms with Crippen molar-refractivity contribution >= 4 is 11.6 Å². The number of nitrogens with zero attached hydrogens (tertiary/aromatic N) is 1. The lowest BCUT2D eigenvalue weighted by Crippen LogP contribution is -2.51. The van der Waals surface area contributed by atoms with Crippen LogP contribution in [0.3, 0.4) is 0 Å². The Morgan fingerprint density at radius 3 is 2.74 bits per heavy atom. The van der Waals surface area contributed by atoms with Gasteiger partial charge in [-0.3, -0.25) is 9.59 Å². The number of carbonyl (C=O) groups excluding carboxylic acids is 2. The zero-order chi connectivity index (χ0) is 16.2. The topological polar surface area (TPSA) is 57.9 Å². The number of ketones is 2. The van der Waals surface area contributed by atoms with E-state index in [2.05, 4.69) is 13.0 Å². The Hall–Kier alpha value is -1.43. The van der Waals surface area contributed by atoms with E-state index in [1.807, 2.05) is 6.08 Å². The fraction of sp³-hybridized carbons (Fsp3) is 0.750. The second-order valence-electron chi connectivity index (χ2n) is 8.46. The van der Waals surface area contributed by atoms with E-state index in [4.69, 9.17) is 0 Å². The number of nitriles is 1. The summed E-state index contributed by atoms with van der Waals surface area (Å²) in [5.74, 6) is 2.28. The molecule has 122 valence electrons. The SMILES string of the molecule is C[C@]12CC[C@H]3[C@@H](CCC4=CC(=O)CC[C@@]43CC#N)[C@@H]1CCC2=O. The van der Waals surface area contributed by atoms with E-state index >= 15 is 0 Å². The predicted molar refractivity (Wildman–Crippen MR) is 86.3 cm³/mol. The zero-order valence-corrected chi connectivity index (χ0v) is 13.9. The molecule has 3 fully saturated rings. The van der Waals surface area contributed by atoms with Gasteiger partial charge >= 0.3 is 0 Å². The molecule has 0 radical (unpaired) electrons. The molecular weight excluding hydrogens is 286 g/mol. The highest BCUT2D eigenvalue weighted by molar-refractivity contribution is 5.91. The summed E-state index contributed by atoms with van der Waals surface area (Å²) >= 11 is 0. The Balaban J connectivity index is 1.74.